The van der Waals surface area contributed by atoms with Crippen molar-refractivity contribution in [3.05, 3.63) is 52.7 Å². The largest absolute Gasteiger partial charge is 0.363 e. The molecule has 7 nitrogen and oxygen atoms in total. The lowest BCUT2D eigenvalue weighted by molar-refractivity contribution is -0.121. The highest BCUT2D eigenvalue weighted by Gasteiger charge is 2.44. The summed E-state index contributed by atoms with van der Waals surface area (Å²) in [5.41, 5.74) is -0.829. The first-order valence-electron chi connectivity index (χ1n) is 11.0. The molecule has 2 fully saturated rings. The van der Waals surface area contributed by atoms with Crippen LogP contribution in [0.15, 0.2) is 24.5 Å². The van der Waals surface area contributed by atoms with Crippen molar-refractivity contribution in [2.24, 2.45) is 0 Å². The Labute approximate surface area is 194 Å². The molecule has 11 heteroatoms. The topological polar surface area (TPSA) is 85.4 Å². The lowest BCUT2D eigenvalue weighted by Crippen LogP contribution is -2.39. The van der Waals surface area contributed by atoms with Crippen LogP contribution in [0.2, 0.25) is 0 Å². The molecule has 4 rings (SSSR count). The predicted octanol–water partition coefficient (Wildman–Crippen LogP) is 4.11. The molecule has 1 atom stereocenters. The van der Waals surface area contributed by atoms with Gasteiger partial charge in [-0.2, -0.15) is 0 Å². The second-order valence-electron chi connectivity index (χ2n) is 8.76. The summed E-state index contributed by atoms with van der Waals surface area (Å²) < 4.78 is 66.9. The second-order valence-corrected chi connectivity index (χ2v) is 8.76. The van der Waals surface area contributed by atoms with Crippen LogP contribution in [-0.4, -0.2) is 41.3 Å². The first-order valence-corrected chi connectivity index (χ1v) is 11.0. The number of benzene rings is 1. The standard InChI is InChI=1S/C23H26F4N4O3/c1-13(14-4-3-5-15(19(14)25)22(2,26)27)30-20-18(21-33-8-9-34-21)16(28-12-29-20)10-17(32)31-23(11-24)6-7-23/h3-5,12-13,21H,6-11H2,1-2H3,(H,31,32)(H,28,29,30)/t13-/m1/s1. The molecule has 0 unspecified atom stereocenters. The number of nitrogens with zero attached hydrogens (tertiary/aromatic N) is 2. The molecule has 1 aliphatic heterocycles. The molecule has 1 saturated heterocycles. The third-order valence-corrected chi connectivity index (χ3v) is 5.99. The zero-order valence-electron chi connectivity index (χ0n) is 18.8. The van der Waals surface area contributed by atoms with E-state index < -0.39 is 47.8 Å². The predicted molar refractivity (Wildman–Crippen MR) is 114 cm³/mol. The molecular formula is C23H26F4N4O3. The number of amides is 1. The van der Waals surface area contributed by atoms with Gasteiger partial charge < -0.3 is 20.1 Å². The summed E-state index contributed by atoms with van der Waals surface area (Å²) >= 11 is 0. The second kappa shape index (κ2) is 9.46. The summed E-state index contributed by atoms with van der Waals surface area (Å²) in [6.07, 6.45) is 1.34. The Morgan fingerprint density at radius 2 is 1.97 bits per heavy atom. The van der Waals surface area contributed by atoms with Crippen LogP contribution in [-0.2, 0) is 26.6 Å². The minimum Gasteiger partial charge on any atom is -0.363 e. The van der Waals surface area contributed by atoms with Gasteiger partial charge in [0, 0.05) is 12.5 Å². The van der Waals surface area contributed by atoms with E-state index in [1.165, 1.54) is 18.5 Å². The van der Waals surface area contributed by atoms with Crippen LogP contribution in [0.3, 0.4) is 0 Å². The van der Waals surface area contributed by atoms with Gasteiger partial charge in [-0.3, -0.25) is 4.79 Å². The van der Waals surface area contributed by atoms with Gasteiger partial charge in [0.2, 0.25) is 5.91 Å². The lowest BCUT2D eigenvalue weighted by atomic mass is 10.0. The molecule has 34 heavy (non-hydrogen) atoms. The fourth-order valence-electron chi connectivity index (χ4n) is 3.90. The smallest absolute Gasteiger partial charge is 0.273 e. The summed E-state index contributed by atoms with van der Waals surface area (Å²) in [6.45, 7) is 2.22. The molecule has 0 radical (unpaired) electrons. The van der Waals surface area contributed by atoms with E-state index in [0.29, 0.717) is 44.2 Å². The molecule has 1 aromatic heterocycles. The van der Waals surface area contributed by atoms with E-state index in [9.17, 15) is 22.4 Å². The van der Waals surface area contributed by atoms with Crippen molar-refractivity contribution in [2.45, 2.75) is 56.9 Å². The Kier molecular flexibility index (Phi) is 6.77. The van der Waals surface area contributed by atoms with Gasteiger partial charge in [-0.1, -0.05) is 18.2 Å². The summed E-state index contributed by atoms with van der Waals surface area (Å²) in [6, 6.07) is 3.05. The Hall–Kier alpha value is -2.79. The molecule has 184 valence electrons. The minimum atomic E-state index is -3.34. The number of nitrogens with one attached hydrogen (secondary N) is 2. The van der Waals surface area contributed by atoms with Gasteiger partial charge in [0.15, 0.2) is 6.29 Å². The van der Waals surface area contributed by atoms with Gasteiger partial charge in [0.05, 0.1) is 48.0 Å². The number of rotatable bonds is 9. The van der Waals surface area contributed by atoms with E-state index in [0.717, 1.165) is 6.07 Å². The van der Waals surface area contributed by atoms with Crippen LogP contribution < -0.4 is 10.6 Å². The van der Waals surface area contributed by atoms with E-state index in [-0.39, 0.29) is 17.8 Å². The van der Waals surface area contributed by atoms with Crippen molar-refractivity contribution >= 4 is 11.7 Å². The number of carbonyl (C=O) groups excluding carboxylic acids is 1. The van der Waals surface area contributed by atoms with Gasteiger partial charge >= 0.3 is 0 Å². The highest BCUT2D eigenvalue weighted by Crippen LogP contribution is 2.37. The number of hydrogen-bond acceptors (Lipinski definition) is 6. The van der Waals surface area contributed by atoms with Crippen LogP contribution in [0, 0.1) is 5.82 Å². The van der Waals surface area contributed by atoms with Gasteiger partial charge in [0.1, 0.15) is 24.6 Å². The third kappa shape index (κ3) is 5.15. The zero-order chi connectivity index (χ0) is 24.5. The lowest BCUT2D eigenvalue weighted by Gasteiger charge is -2.23. The van der Waals surface area contributed by atoms with Crippen molar-refractivity contribution in [3.63, 3.8) is 0 Å². The number of anilines is 1. The molecule has 1 saturated carbocycles. The van der Waals surface area contributed by atoms with Crippen molar-refractivity contribution in [1.82, 2.24) is 15.3 Å². The fraction of sp³-hybridized carbons (Fsp3) is 0.522. The maximum absolute atomic E-state index is 14.9. The number of carbonyl (C=O) groups is 1. The SMILES string of the molecule is C[C@@H](Nc1ncnc(CC(=O)NC2(CF)CC2)c1C1OCCO1)c1cccc(C(C)(F)F)c1F. The van der Waals surface area contributed by atoms with Crippen molar-refractivity contribution < 1.29 is 31.8 Å². The average molecular weight is 482 g/mol. The van der Waals surface area contributed by atoms with E-state index >= 15 is 0 Å². The quantitative estimate of drug-likeness (QED) is 0.524. The van der Waals surface area contributed by atoms with Crippen LogP contribution in [0.5, 0.6) is 0 Å². The third-order valence-electron chi connectivity index (χ3n) is 5.99. The highest BCUT2D eigenvalue weighted by atomic mass is 19.3. The van der Waals surface area contributed by atoms with E-state index in [2.05, 4.69) is 20.6 Å². The maximum Gasteiger partial charge on any atom is 0.273 e. The number of alkyl halides is 3. The Morgan fingerprint density at radius 1 is 1.26 bits per heavy atom. The molecular weight excluding hydrogens is 456 g/mol. The summed E-state index contributed by atoms with van der Waals surface area (Å²) in [4.78, 5) is 21.0. The fourth-order valence-corrected chi connectivity index (χ4v) is 3.90. The van der Waals surface area contributed by atoms with Gasteiger partial charge in [-0.05, 0) is 19.8 Å². The number of ether oxygens (including phenoxy) is 2. The molecule has 2 heterocycles. The van der Waals surface area contributed by atoms with E-state index in [1.807, 2.05) is 0 Å². The molecule has 1 aliphatic carbocycles. The first-order chi connectivity index (χ1) is 16.1. The zero-order valence-corrected chi connectivity index (χ0v) is 18.8. The Bertz CT molecular complexity index is 1050. The molecule has 1 amide bonds. The first kappa shape index (κ1) is 24.3. The molecule has 0 spiro atoms. The van der Waals surface area contributed by atoms with E-state index in [1.54, 1.807) is 6.92 Å². The van der Waals surface area contributed by atoms with Crippen LogP contribution in [0.4, 0.5) is 23.4 Å². The van der Waals surface area contributed by atoms with Gasteiger partial charge in [-0.25, -0.2) is 27.5 Å². The van der Waals surface area contributed by atoms with E-state index in [4.69, 9.17) is 9.47 Å². The van der Waals surface area contributed by atoms with Crippen molar-refractivity contribution in [1.29, 1.82) is 0 Å². The minimum absolute atomic E-state index is 0.0229. The van der Waals surface area contributed by atoms with Gasteiger partial charge in [0.25, 0.3) is 5.92 Å². The van der Waals surface area contributed by atoms with Crippen molar-refractivity contribution in [2.75, 3.05) is 25.2 Å². The summed E-state index contributed by atoms with van der Waals surface area (Å²) in [7, 11) is 0. The van der Waals surface area contributed by atoms with Crippen molar-refractivity contribution in [3.8, 4) is 0 Å². The van der Waals surface area contributed by atoms with Gasteiger partial charge in [-0.15, -0.1) is 0 Å². The molecule has 2 N–H and O–H groups in total. The monoisotopic (exact) mass is 482 g/mol. The summed E-state index contributed by atoms with van der Waals surface area (Å²) in [5.74, 6) is -4.54. The van der Waals surface area contributed by atoms with Crippen LogP contribution >= 0.6 is 0 Å². The molecule has 2 aliphatic rings. The molecule has 0 bridgehead atoms. The molecule has 2 aromatic rings. The van der Waals surface area contributed by atoms with Crippen LogP contribution in [0.25, 0.3) is 0 Å². The Balaban J connectivity index is 1.62. The number of aromatic nitrogens is 2. The molecule has 1 aromatic carbocycles. The Morgan fingerprint density at radius 3 is 2.59 bits per heavy atom. The normalized spacial score (nSPS) is 18.5. The maximum atomic E-state index is 14.9. The summed E-state index contributed by atoms with van der Waals surface area (Å²) in [5, 5.41) is 5.72. The van der Waals surface area contributed by atoms with Crippen LogP contribution in [0.1, 0.15) is 61.4 Å². The number of halogens is 4. The number of hydrogen-bond donors (Lipinski definition) is 2. The highest BCUT2D eigenvalue weighted by molar-refractivity contribution is 5.80. The average Bonchev–Trinajstić information content (AvgIpc) is 3.33.